The van der Waals surface area contributed by atoms with Crippen molar-refractivity contribution in [1.29, 1.82) is 0 Å². The molecule has 0 amide bonds. The molecule has 0 N–H and O–H groups in total. The van der Waals surface area contributed by atoms with Gasteiger partial charge in [0.1, 0.15) is 6.29 Å². The summed E-state index contributed by atoms with van der Waals surface area (Å²) in [6, 6.07) is 5.68. The summed E-state index contributed by atoms with van der Waals surface area (Å²) < 4.78 is 1.54. The van der Waals surface area contributed by atoms with Crippen molar-refractivity contribution in [2.75, 3.05) is 0 Å². The summed E-state index contributed by atoms with van der Waals surface area (Å²) in [5.41, 5.74) is 1.76. The summed E-state index contributed by atoms with van der Waals surface area (Å²) in [6.07, 6.45) is 1.05. The first-order chi connectivity index (χ1) is 7.29. The molecular formula is C11H6ClNOS. The van der Waals surface area contributed by atoms with Crippen molar-refractivity contribution in [2.24, 2.45) is 0 Å². The van der Waals surface area contributed by atoms with Crippen molar-refractivity contribution in [1.82, 2.24) is 4.98 Å². The minimum atomic E-state index is 0.265. The molecule has 2 rings (SSSR count). The lowest BCUT2D eigenvalue weighted by Gasteiger charge is -1.89. The summed E-state index contributed by atoms with van der Waals surface area (Å²) in [5.74, 6) is 5.66. The van der Waals surface area contributed by atoms with Gasteiger partial charge in [0.2, 0.25) is 0 Å². The molecule has 0 fully saturated rings. The Hall–Kier alpha value is -1.37. The van der Waals surface area contributed by atoms with E-state index < -0.39 is 0 Å². The van der Waals surface area contributed by atoms with Crippen molar-refractivity contribution < 1.29 is 4.79 Å². The zero-order valence-corrected chi connectivity index (χ0v) is 9.23. The van der Waals surface area contributed by atoms with Crippen LogP contribution >= 0.6 is 22.9 Å². The lowest BCUT2D eigenvalue weighted by Crippen LogP contribution is -1.74. The van der Waals surface area contributed by atoms with Gasteiger partial charge in [-0.3, -0.25) is 0 Å². The van der Waals surface area contributed by atoms with Gasteiger partial charge in [0.05, 0.1) is 16.6 Å². The van der Waals surface area contributed by atoms with Crippen LogP contribution in [0.1, 0.15) is 12.0 Å². The number of hydrogen-bond donors (Lipinski definition) is 0. The highest BCUT2D eigenvalue weighted by atomic mass is 35.5. The van der Waals surface area contributed by atoms with Crippen LogP contribution in [0.25, 0.3) is 10.2 Å². The summed E-state index contributed by atoms with van der Waals surface area (Å²) in [7, 11) is 0. The number of thiazole rings is 1. The fraction of sp³-hybridized carbons (Fsp3) is 0.0909. The first-order valence-electron chi connectivity index (χ1n) is 4.28. The highest BCUT2D eigenvalue weighted by Gasteiger charge is 2.00. The summed E-state index contributed by atoms with van der Waals surface area (Å²) in [5, 5.41) is 0. The number of carbonyl (C=O) groups excluding carboxylic acids is 1. The minimum absolute atomic E-state index is 0.265. The quantitative estimate of drug-likeness (QED) is 0.562. The fourth-order valence-corrected chi connectivity index (χ4v) is 2.24. The van der Waals surface area contributed by atoms with Gasteiger partial charge >= 0.3 is 0 Å². The Labute approximate surface area is 95.9 Å². The molecule has 0 saturated carbocycles. The van der Waals surface area contributed by atoms with Crippen LogP contribution in [0.4, 0.5) is 0 Å². The second kappa shape index (κ2) is 4.43. The van der Waals surface area contributed by atoms with Crippen molar-refractivity contribution in [2.45, 2.75) is 6.42 Å². The van der Waals surface area contributed by atoms with Crippen LogP contribution in [-0.4, -0.2) is 11.3 Å². The Balaban J connectivity index is 2.39. The van der Waals surface area contributed by atoms with Gasteiger partial charge in [-0.15, -0.1) is 11.3 Å². The maximum atomic E-state index is 10.1. The maximum absolute atomic E-state index is 10.1. The number of aldehydes is 1. The SMILES string of the molecule is O=CCC#Cc1ccc2nc(Cl)sc2c1. The Morgan fingerprint density at radius 1 is 1.53 bits per heavy atom. The topological polar surface area (TPSA) is 30.0 Å². The molecule has 0 saturated heterocycles. The predicted octanol–water partition coefficient (Wildman–Crippen LogP) is 2.89. The third-order valence-electron chi connectivity index (χ3n) is 1.78. The highest BCUT2D eigenvalue weighted by molar-refractivity contribution is 7.22. The summed E-state index contributed by atoms with van der Waals surface area (Å²) in [6.45, 7) is 0. The first-order valence-corrected chi connectivity index (χ1v) is 5.47. The molecule has 15 heavy (non-hydrogen) atoms. The van der Waals surface area contributed by atoms with Crippen LogP contribution in [0.3, 0.4) is 0 Å². The highest BCUT2D eigenvalue weighted by Crippen LogP contribution is 2.26. The van der Waals surface area contributed by atoms with E-state index in [1.165, 1.54) is 11.3 Å². The van der Waals surface area contributed by atoms with E-state index in [1.807, 2.05) is 18.2 Å². The molecule has 2 aromatic rings. The molecule has 0 bridgehead atoms. The third kappa shape index (κ3) is 2.35. The minimum Gasteiger partial charge on any atom is -0.302 e. The van der Waals surface area contributed by atoms with Crippen LogP contribution in [0.5, 0.6) is 0 Å². The average Bonchev–Trinajstić information content (AvgIpc) is 2.57. The molecule has 1 aromatic carbocycles. The molecule has 74 valence electrons. The zero-order valence-electron chi connectivity index (χ0n) is 7.66. The Morgan fingerprint density at radius 3 is 3.20 bits per heavy atom. The molecule has 1 aromatic heterocycles. The van der Waals surface area contributed by atoms with E-state index >= 15 is 0 Å². The van der Waals surface area contributed by atoms with E-state index in [9.17, 15) is 4.79 Å². The molecule has 0 aliphatic heterocycles. The molecule has 0 atom stereocenters. The number of hydrogen-bond acceptors (Lipinski definition) is 3. The van der Waals surface area contributed by atoms with Crippen molar-refractivity contribution in [3.05, 3.63) is 28.2 Å². The van der Waals surface area contributed by atoms with E-state index in [2.05, 4.69) is 16.8 Å². The van der Waals surface area contributed by atoms with Crippen LogP contribution < -0.4 is 0 Å². The Kier molecular flexibility index (Phi) is 3.00. The molecule has 2 nitrogen and oxygen atoms in total. The van der Waals surface area contributed by atoms with Gasteiger partial charge in [-0.25, -0.2) is 4.98 Å². The summed E-state index contributed by atoms with van der Waals surface area (Å²) >= 11 is 7.21. The molecule has 0 unspecified atom stereocenters. The van der Waals surface area contributed by atoms with Gasteiger partial charge in [-0.2, -0.15) is 0 Å². The number of fused-ring (bicyclic) bond motifs is 1. The lowest BCUT2D eigenvalue weighted by molar-refractivity contribution is -0.107. The van der Waals surface area contributed by atoms with Gasteiger partial charge in [-0.05, 0) is 18.2 Å². The molecule has 1 heterocycles. The number of benzene rings is 1. The van der Waals surface area contributed by atoms with Gasteiger partial charge in [-0.1, -0.05) is 23.4 Å². The number of aromatic nitrogens is 1. The van der Waals surface area contributed by atoms with E-state index in [-0.39, 0.29) is 6.42 Å². The molecule has 0 aliphatic rings. The number of carbonyl (C=O) groups is 1. The number of rotatable bonds is 1. The monoisotopic (exact) mass is 235 g/mol. The molecule has 0 radical (unpaired) electrons. The van der Waals surface area contributed by atoms with Crippen LogP contribution in [0, 0.1) is 11.8 Å². The normalized spacial score (nSPS) is 9.67. The average molecular weight is 236 g/mol. The van der Waals surface area contributed by atoms with E-state index in [4.69, 9.17) is 11.6 Å². The Bertz CT molecular complexity index is 565. The zero-order chi connectivity index (χ0) is 10.7. The van der Waals surface area contributed by atoms with Crippen molar-refractivity contribution >= 4 is 39.4 Å². The standard InChI is InChI=1S/C11H6ClNOS/c12-11-13-9-5-4-8(3-1-2-6-14)7-10(9)15-11/h4-7H,2H2. The smallest absolute Gasteiger partial charge is 0.184 e. The molecule has 0 spiro atoms. The third-order valence-corrected chi connectivity index (χ3v) is 2.90. The lowest BCUT2D eigenvalue weighted by atomic mass is 10.2. The summed E-state index contributed by atoms with van der Waals surface area (Å²) in [4.78, 5) is 14.2. The van der Waals surface area contributed by atoms with Crippen LogP contribution in [-0.2, 0) is 4.79 Å². The van der Waals surface area contributed by atoms with Gasteiger partial charge in [0, 0.05) is 5.56 Å². The first kappa shape index (κ1) is 10.2. The molecule has 4 heteroatoms. The molecular weight excluding hydrogens is 230 g/mol. The van der Waals surface area contributed by atoms with E-state index in [1.54, 1.807) is 0 Å². The Morgan fingerprint density at radius 2 is 2.40 bits per heavy atom. The van der Waals surface area contributed by atoms with Crippen LogP contribution in [0.15, 0.2) is 18.2 Å². The van der Waals surface area contributed by atoms with Gasteiger partial charge in [0.15, 0.2) is 4.47 Å². The van der Waals surface area contributed by atoms with E-state index in [0.29, 0.717) is 4.47 Å². The second-order valence-electron chi connectivity index (χ2n) is 2.82. The van der Waals surface area contributed by atoms with Gasteiger partial charge in [0.25, 0.3) is 0 Å². The number of halogens is 1. The van der Waals surface area contributed by atoms with Crippen LogP contribution in [0.2, 0.25) is 4.47 Å². The molecule has 0 aliphatic carbocycles. The predicted molar refractivity (Wildman–Crippen MR) is 62.2 cm³/mol. The largest absolute Gasteiger partial charge is 0.302 e. The second-order valence-corrected chi connectivity index (χ2v) is 4.43. The van der Waals surface area contributed by atoms with Gasteiger partial charge < -0.3 is 4.79 Å². The fourth-order valence-electron chi connectivity index (χ4n) is 1.17. The van der Waals surface area contributed by atoms with Crippen molar-refractivity contribution in [3.8, 4) is 11.8 Å². The maximum Gasteiger partial charge on any atom is 0.184 e. The van der Waals surface area contributed by atoms with E-state index in [0.717, 1.165) is 22.1 Å². The number of nitrogens with zero attached hydrogens (tertiary/aromatic N) is 1. The van der Waals surface area contributed by atoms with Crippen molar-refractivity contribution in [3.63, 3.8) is 0 Å².